The average Bonchev–Trinajstić information content (AvgIpc) is 2.92. The average molecular weight is 687 g/mol. The number of halogens is 5. The van der Waals surface area contributed by atoms with Crippen LogP contribution in [0.25, 0.3) is 0 Å². The maximum Gasteiger partial charge on any atom is 0.427 e. The van der Waals surface area contributed by atoms with Gasteiger partial charge in [-0.1, -0.05) is 18.0 Å². The van der Waals surface area contributed by atoms with E-state index in [0.29, 0.717) is 33.2 Å². The van der Waals surface area contributed by atoms with E-state index in [2.05, 4.69) is 14.8 Å². The fraction of sp³-hybridized carbons (Fsp3) is 0.500. The van der Waals surface area contributed by atoms with Crippen molar-refractivity contribution < 1.29 is 48.7 Å². The second-order valence-corrected chi connectivity index (χ2v) is 14.8. The highest BCUT2D eigenvalue weighted by molar-refractivity contribution is 7.92. The van der Waals surface area contributed by atoms with Gasteiger partial charge >= 0.3 is 12.3 Å². The van der Waals surface area contributed by atoms with Gasteiger partial charge in [-0.15, -0.1) is 0 Å². The number of hydrogen-bond acceptors (Lipinski definition) is 7. The lowest BCUT2D eigenvalue weighted by atomic mass is 10.1. The van der Waals surface area contributed by atoms with Crippen LogP contribution in [0.15, 0.2) is 41.3 Å². The van der Waals surface area contributed by atoms with Crippen molar-refractivity contribution in [2.24, 2.45) is 0 Å². The molecule has 1 saturated heterocycles. The largest absolute Gasteiger partial charge is 0.485 e. The van der Waals surface area contributed by atoms with Crippen LogP contribution in [0.1, 0.15) is 40.0 Å². The van der Waals surface area contributed by atoms with Gasteiger partial charge in [0.25, 0.3) is 20.2 Å². The molecule has 0 bridgehead atoms. The van der Waals surface area contributed by atoms with E-state index in [4.69, 9.17) is 16.3 Å². The van der Waals surface area contributed by atoms with Crippen molar-refractivity contribution in [3.63, 3.8) is 0 Å². The number of benzene rings is 2. The SMILES string of the molecule is CC1CCCCN1S(=O)(=O)NCC1CN(S(=O)(=O)c2ccc(F)c(Cl)c2)c2cc(NC(=O)OC(C)(C)C(F)(F)F)ccc2O1. The minimum atomic E-state index is -4.86. The summed E-state index contributed by atoms with van der Waals surface area (Å²) < 4.78 is 122. The van der Waals surface area contributed by atoms with Gasteiger partial charge in [0.15, 0.2) is 0 Å². The van der Waals surface area contributed by atoms with Gasteiger partial charge in [-0.05, 0) is 70.0 Å². The van der Waals surface area contributed by atoms with E-state index in [1.54, 1.807) is 6.92 Å². The summed E-state index contributed by atoms with van der Waals surface area (Å²) in [5, 5.41) is 1.67. The Kier molecular flexibility index (Phi) is 9.66. The molecule has 244 valence electrons. The van der Waals surface area contributed by atoms with Gasteiger partial charge in [0.05, 0.1) is 28.7 Å². The monoisotopic (exact) mass is 686 g/mol. The molecule has 2 heterocycles. The molecule has 0 spiro atoms. The molecule has 11 nitrogen and oxygen atoms in total. The van der Waals surface area contributed by atoms with E-state index >= 15 is 0 Å². The molecule has 4 rings (SSSR count). The van der Waals surface area contributed by atoms with Gasteiger partial charge in [-0.2, -0.15) is 30.6 Å². The van der Waals surface area contributed by atoms with Gasteiger partial charge < -0.3 is 9.47 Å². The van der Waals surface area contributed by atoms with E-state index in [1.807, 2.05) is 0 Å². The van der Waals surface area contributed by atoms with Crippen molar-refractivity contribution >= 4 is 49.3 Å². The van der Waals surface area contributed by atoms with Crippen LogP contribution in [0, 0.1) is 5.82 Å². The Bertz CT molecular complexity index is 1620. The van der Waals surface area contributed by atoms with Crippen molar-refractivity contribution in [3.8, 4) is 5.75 Å². The van der Waals surface area contributed by atoms with E-state index in [9.17, 15) is 39.2 Å². The van der Waals surface area contributed by atoms with Crippen molar-refractivity contribution in [3.05, 3.63) is 47.2 Å². The molecule has 2 atom stereocenters. The lowest BCUT2D eigenvalue weighted by molar-refractivity contribution is -0.242. The Labute approximate surface area is 257 Å². The lowest BCUT2D eigenvalue weighted by Crippen LogP contribution is -2.52. The van der Waals surface area contributed by atoms with Crippen LogP contribution in [-0.2, 0) is 25.0 Å². The smallest absolute Gasteiger partial charge is 0.427 e. The number of ether oxygens (including phenoxy) is 2. The predicted molar refractivity (Wildman–Crippen MR) is 154 cm³/mol. The minimum absolute atomic E-state index is 0.0434. The molecular weight excluding hydrogens is 656 g/mol. The third-order valence-electron chi connectivity index (χ3n) is 7.19. The van der Waals surface area contributed by atoms with Crippen LogP contribution in [0.4, 0.5) is 33.7 Å². The zero-order chi connectivity index (χ0) is 32.7. The first kappa shape index (κ1) is 34.0. The quantitative estimate of drug-likeness (QED) is 0.372. The Balaban J connectivity index is 1.64. The number of alkyl halides is 3. The molecule has 2 aliphatic rings. The Morgan fingerprint density at radius 3 is 2.45 bits per heavy atom. The number of rotatable bonds is 8. The number of piperidine rings is 1. The van der Waals surface area contributed by atoms with E-state index < -0.39 is 66.5 Å². The maximum atomic E-state index is 13.8. The zero-order valence-electron chi connectivity index (χ0n) is 23.8. The molecule has 18 heteroatoms. The molecule has 0 aromatic heterocycles. The highest BCUT2D eigenvalue weighted by atomic mass is 35.5. The first-order valence-corrected chi connectivity index (χ1v) is 16.7. The van der Waals surface area contributed by atoms with E-state index in [0.717, 1.165) is 35.0 Å². The van der Waals surface area contributed by atoms with Crippen molar-refractivity contribution in [2.75, 3.05) is 29.3 Å². The standard InChI is InChI=1S/C26H31ClF4N4O7S2/c1-16-6-4-5-11-34(16)44(39,40)32-14-18-15-35(43(37,38)19-8-9-21(28)20(27)13-19)22-12-17(7-10-23(22)41-18)33-24(36)42-25(2,3)26(29,30)31/h7-10,12-13,16,18,32H,4-6,11,14-15H2,1-3H3,(H,33,36). The summed E-state index contributed by atoms with van der Waals surface area (Å²) in [7, 11) is -8.44. The lowest BCUT2D eigenvalue weighted by Gasteiger charge is -2.37. The fourth-order valence-corrected chi connectivity index (χ4v) is 7.91. The molecule has 0 aliphatic carbocycles. The normalized spacial score (nSPS) is 20.0. The molecule has 0 saturated carbocycles. The molecule has 1 fully saturated rings. The van der Waals surface area contributed by atoms with Crippen LogP contribution in [0.3, 0.4) is 0 Å². The van der Waals surface area contributed by atoms with Crippen LogP contribution in [-0.4, -0.2) is 70.8 Å². The molecule has 1 amide bonds. The number of amides is 1. The summed E-state index contributed by atoms with van der Waals surface area (Å²) in [5.74, 6) is -0.905. The van der Waals surface area contributed by atoms with Gasteiger partial charge in [0.2, 0.25) is 5.60 Å². The van der Waals surface area contributed by atoms with E-state index in [-0.39, 0.29) is 29.7 Å². The second-order valence-electron chi connectivity index (χ2n) is 10.9. The molecule has 2 N–H and O–H groups in total. The van der Waals surface area contributed by atoms with Crippen molar-refractivity contribution in [1.29, 1.82) is 0 Å². The molecule has 0 radical (unpaired) electrons. The summed E-state index contributed by atoms with van der Waals surface area (Å²) in [4.78, 5) is 11.9. The Morgan fingerprint density at radius 1 is 1.11 bits per heavy atom. The van der Waals surface area contributed by atoms with Crippen LogP contribution < -0.4 is 19.1 Å². The van der Waals surface area contributed by atoms with Crippen molar-refractivity contribution in [1.82, 2.24) is 9.03 Å². The number of carbonyl (C=O) groups excluding carboxylic acids is 1. The fourth-order valence-electron chi connectivity index (χ4n) is 4.63. The van der Waals surface area contributed by atoms with Gasteiger partial charge in [-0.25, -0.2) is 17.6 Å². The third-order valence-corrected chi connectivity index (χ3v) is 10.9. The number of anilines is 2. The molecule has 2 aliphatic heterocycles. The summed E-state index contributed by atoms with van der Waals surface area (Å²) in [5.41, 5.74) is -3.09. The highest BCUT2D eigenvalue weighted by Gasteiger charge is 2.51. The number of hydrogen-bond donors (Lipinski definition) is 2. The number of nitrogens with zero attached hydrogens (tertiary/aromatic N) is 2. The van der Waals surface area contributed by atoms with Gasteiger partial charge in [0, 0.05) is 18.3 Å². The highest BCUT2D eigenvalue weighted by Crippen LogP contribution is 2.40. The first-order chi connectivity index (χ1) is 20.3. The second kappa shape index (κ2) is 12.5. The number of carbonyl (C=O) groups is 1. The Hall–Kier alpha value is -2.86. The van der Waals surface area contributed by atoms with E-state index in [1.165, 1.54) is 16.4 Å². The van der Waals surface area contributed by atoms with Crippen LogP contribution >= 0.6 is 11.6 Å². The maximum absolute atomic E-state index is 13.8. The third kappa shape index (κ3) is 7.33. The molecular formula is C26H31ClF4N4O7S2. The number of fused-ring (bicyclic) bond motifs is 1. The molecule has 2 aromatic rings. The van der Waals surface area contributed by atoms with Crippen LogP contribution in [0.5, 0.6) is 5.75 Å². The van der Waals surface area contributed by atoms with Gasteiger partial charge in [-0.3, -0.25) is 9.62 Å². The summed E-state index contributed by atoms with van der Waals surface area (Å²) in [6.45, 7) is 2.69. The molecule has 2 aromatic carbocycles. The zero-order valence-corrected chi connectivity index (χ0v) is 26.2. The molecule has 44 heavy (non-hydrogen) atoms. The van der Waals surface area contributed by atoms with Crippen LogP contribution in [0.2, 0.25) is 5.02 Å². The topological polar surface area (TPSA) is 134 Å². The summed E-state index contributed by atoms with van der Waals surface area (Å²) >= 11 is 5.83. The summed E-state index contributed by atoms with van der Waals surface area (Å²) in [6.07, 6.45) is -5.08. The van der Waals surface area contributed by atoms with Crippen molar-refractivity contribution in [2.45, 2.75) is 68.9 Å². The summed E-state index contributed by atoms with van der Waals surface area (Å²) in [6, 6.07) is 6.15. The van der Waals surface area contributed by atoms with Gasteiger partial charge in [0.1, 0.15) is 17.7 Å². The first-order valence-electron chi connectivity index (χ1n) is 13.4. The minimum Gasteiger partial charge on any atom is -0.485 e. The molecule has 2 unspecified atom stereocenters. The Morgan fingerprint density at radius 2 is 1.82 bits per heavy atom. The predicted octanol–water partition coefficient (Wildman–Crippen LogP) is 5.03. The number of sulfonamides is 1. The number of nitrogens with one attached hydrogen (secondary N) is 2.